The predicted molar refractivity (Wildman–Crippen MR) is 162 cm³/mol. The summed E-state index contributed by atoms with van der Waals surface area (Å²) in [5, 5.41) is 47.5. The van der Waals surface area contributed by atoms with Crippen LogP contribution in [0.3, 0.4) is 0 Å². The molecule has 17 nitrogen and oxygen atoms in total. The standard InChI is InChI=1S/C32H45F2N3O14/c1-18-12-20-21-14-23(33)22-13-19(38)8-9-29(22,2)31(21,34)24(39)15-30(20,3)32(18,51-27(42)7-5-11-50-37(46)47)25(40)17-48-28(43)16-35-26(41)6-4-10-49-36(44)45/h8-9,13,18,20-21,23-24,39,44-47H,4-7,10-12,14-17H2,1-3H3,(H,35,41)/t18-,20?,21?,23+,24+,29+,30+,31+,32+/m1/s1. The monoisotopic (exact) mass is 733 g/mol. The fraction of sp³-hybridized carbons (Fsp3) is 0.719. The van der Waals surface area contributed by atoms with Crippen LogP contribution in [-0.2, 0) is 43.1 Å². The Morgan fingerprint density at radius 2 is 1.61 bits per heavy atom. The van der Waals surface area contributed by atoms with Crippen LogP contribution in [0, 0.1) is 28.6 Å². The molecule has 4 aliphatic carbocycles. The first-order chi connectivity index (χ1) is 23.8. The number of nitrogens with zero attached hydrogens (tertiary/aromatic N) is 2. The maximum Gasteiger partial charge on any atom is 0.325 e. The Hall–Kier alpha value is -3.27. The SMILES string of the molecule is C[C@@H]1CC2C3C[C@H](F)C4=CC(=O)C=C[C@]4(C)[C@@]3(F)[C@@H](O)C[C@]2(C)[C@@]1(OC(=O)CCCON(O)O)C(=O)COC(=O)CNC(=O)CCCON(O)O. The summed E-state index contributed by atoms with van der Waals surface area (Å²) in [6.07, 6.45) is -1.47. The van der Waals surface area contributed by atoms with Gasteiger partial charge in [0.25, 0.3) is 0 Å². The van der Waals surface area contributed by atoms with E-state index in [1.807, 2.05) is 0 Å². The second-order valence-electron chi connectivity index (χ2n) is 13.9. The maximum absolute atomic E-state index is 17.7. The van der Waals surface area contributed by atoms with E-state index in [4.69, 9.17) is 30.3 Å². The van der Waals surface area contributed by atoms with Crippen molar-refractivity contribution in [2.24, 2.45) is 28.6 Å². The van der Waals surface area contributed by atoms with Crippen molar-refractivity contribution < 1.29 is 77.8 Å². The van der Waals surface area contributed by atoms with Gasteiger partial charge in [-0.25, -0.2) is 8.78 Å². The number of fused-ring (bicyclic) bond motifs is 5. The Bertz CT molecular complexity index is 1430. The highest BCUT2D eigenvalue weighted by molar-refractivity contribution is 6.01. The van der Waals surface area contributed by atoms with Crippen LogP contribution in [-0.4, -0.2) is 116 Å². The molecule has 0 aromatic rings. The molecule has 0 heterocycles. The summed E-state index contributed by atoms with van der Waals surface area (Å²) in [7, 11) is 0. The lowest BCUT2D eigenvalue weighted by atomic mass is 9.44. The Morgan fingerprint density at radius 3 is 2.24 bits per heavy atom. The fourth-order valence-electron chi connectivity index (χ4n) is 8.93. The minimum atomic E-state index is -2.48. The first-order valence-electron chi connectivity index (χ1n) is 16.6. The normalized spacial score (nSPS) is 35.5. The van der Waals surface area contributed by atoms with Crippen molar-refractivity contribution in [2.45, 2.75) is 89.3 Å². The molecular formula is C32H45F2N3O14. The fourth-order valence-corrected chi connectivity index (χ4v) is 8.93. The Morgan fingerprint density at radius 1 is 0.980 bits per heavy atom. The molecule has 3 fully saturated rings. The van der Waals surface area contributed by atoms with Crippen molar-refractivity contribution in [3.63, 3.8) is 0 Å². The van der Waals surface area contributed by atoms with Gasteiger partial charge in [0, 0.05) is 35.5 Å². The number of hydrogen-bond donors (Lipinski definition) is 6. The third-order valence-corrected chi connectivity index (χ3v) is 11.1. The lowest BCUT2D eigenvalue weighted by Crippen LogP contribution is -2.71. The van der Waals surface area contributed by atoms with E-state index in [0.29, 0.717) is 0 Å². The van der Waals surface area contributed by atoms with Gasteiger partial charge in [0.2, 0.25) is 11.7 Å². The number of amides is 1. The van der Waals surface area contributed by atoms with E-state index in [0.717, 1.165) is 12.2 Å². The highest BCUT2D eigenvalue weighted by Gasteiger charge is 2.78. The highest BCUT2D eigenvalue weighted by Crippen LogP contribution is 2.71. The molecule has 4 aliphatic rings. The molecule has 4 rings (SSSR count). The second kappa shape index (κ2) is 15.8. The molecule has 9 atom stereocenters. The second-order valence-corrected chi connectivity index (χ2v) is 13.9. The van der Waals surface area contributed by atoms with Crippen LogP contribution in [0.15, 0.2) is 23.8 Å². The van der Waals surface area contributed by atoms with E-state index in [1.165, 1.54) is 13.0 Å². The van der Waals surface area contributed by atoms with Gasteiger partial charge in [-0.05, 0) is 62.7 Å². The number of carbonyl (C=O) groups is 5. The van der Waals surface area contributed by atoms with Gasteiger partial charge in [-0.1, -0.05) is 19.9 Å². The van der Waals surface area contributed by atoms with Crippen LogP contribution >= 0.6 is 0 Å². The van der Waals surface area contributed by atoms with Gasteiger partial charge in [-0.2, -0.15) is 0 Å². The summed E-state index contributed by atoms with van der Waals surface area (Å²) in [4.78, 5) is 73.2. The van der Waals surface area contributed by atoms with Crippen LogP contribution in [0.4, 0.5) is 8.78 Å². The van der Waals surface area contributed by atoms with Gasteiger partial charge in [-0.3, -0.25) is 54.5 Å². The van der Waals surface area contributed by atoms with Crippen LogP contribution < -0.4 is 5.32 Å². The van der Waals surface area contributed by atoms with Crippen molar-refractivity contribution in [3.8, 4) is 0 Å². The van der Waals surface area contributed by atoms with Gasteiger partial charge in [0.15, 0.2) is 23.7 Å². The molecule has 0 radical (unpaired) electrons. The lowest BCUT2D eigenvalue weighted by Gasteiger charge is -2.63. The highest BCUT2D eigenvalue weighted by atomic mass is 19.1. The van der Waals surface area contributed by atoms with E-state index in [1.54, 1.807) is 13.8 Å². The van der Waals surface area contributed by atoms with Crippen LogP contribution in [0.5, 0.6) is 0 Å². The summed E-state index contributed by atoms with van der Waals surface area (Å²) >= 11 is 0. The number of rotatable bonds is 16. The van der Waals surface area contributed by atoms with Crippen molar-refractivity contribution >= 4 is 29.4 Å². The molecular weight excluding hydrogens is 688 g/mol. The minimum absolute atomic E-state index is 0.0498. The number of hydrogen-bond acceptors (Lipinski definition) is 16. The molecule has 0 saturated heterocycles. The molecule has 6 N–H and O–H groups in total. The number of halogens is 2. The third kappa shape index (κ3) is 7.63. The van der Waals surface area contributed by atoms with Gasteiger partial charge >= 0.3 is 11.9 Å². The van der Waals surface area contributed by atoms with Gasteiger partial charge in [-0.15, -0.1) is 0 Å². The molecule has 1 amide bonds. The number of alkyl halides is 2. The molecule has 286 valence electrons. The number of aliphatic hydroxyl groups is 1. The number of ketones is 2. The molecule has 51 heavy (non-hydrogen) atoms. The molecule has 0 bridgehead atoms. The van der Waals surface area contributed by atoms with Gasteiger partial charge < -0.3 is 19.9 Å². The van der Waals surface area contributed by atoms with E-state index in [-0.39, 0.29) is 50.9 Å². The zero-order valence-corrected chi connectivity index (χ0v) is 28.5. The van der Waals surface area contributed by atoms with E-state index in [2.05, 4.69) is 15.0 Å². The van der Waals surface area contributed by atoms with Crippen molar-refractivity contribution in [2.75, 3.05) is 26.4 Å². The van der Waals surface area contributed by atoms with Gasteiger partial charge in [0.1, 0.15) is 12.7 Å². The Labute approximate surface area is 291 Å². The number of carbonyl (C=O) groups excluding carboxylic acids is 5. The Balaban J connectivity index is 1.58. The summed E-state index contributed by atoms with van der Waals surface area (Å²) in [5.74, 6) is -6.88. The maximum atomic E-state index is 17.7. The number of esters is 2. The summed E-state index contributed by atoms with van der Waals surface area (Å²) in [5.41, 5.74) is -7.89. The predicted octanol–water partition coefficient (Wildman–Crippen LogP) is 1.65. The van der Waals surface area contributed by atoms with E-state index >= 15 is 8.78 Å². The molecule has 3 saturated carbocycles. The Kier molecular flexibility index (Phi) is 12.5. The number of nitrogens with one attached hydrogen (secondary N) is 1. The molecule has 19 heteroatoms. The van der Waals surface area contributed by atoms with Crippen molar-refractivity contribution in [1.82, 2.24) is 16.1 Å². The van der Waals surface area contributed by atoms with E-state index < -0.39 is 118 Å². The van der Waals surface area contributed by atoms with Crippen molar-refractivity contribution in [3.05, 3.63) is 23.8 Å². The first kappa shape index (κ1) is 40.5. The number of allylic oxidation sites excluding steroid dienone is 4. The molecule has 0 aromatic carbocycles. The average molecular weight is 734 g/mol. The quantitative estimate of drug-likeness (QED) is 0.0751. The largest absolute Gasteiger partial charge is 0.456 e. The zero-order valence-electron chi connectivity index (χ0n) is 28.5. The van der Waals surface area contributed by atoms with Crippen LogP contribution in [0.1, 0.15) is 65.7 Å². The molecule has 0 aliphatic heterocycles. The number of Topliss-reactive ketones (excluding diaryl/α,β-unsaturated/α-hetero) is 1. The summed E-state index contributed by atoms with van der Waals surface area (Å²) in [6.45, 7) is 2.42. The minimum Gasteiger partial charge on any atom is -0.456 e. The zero-order chi connectivity index (χ0) is 37.9. The number of ether oxygens (including phenoxy) is 2. The number of aliphatic hydroxyl groups excluding tert-OH is 1. The third-order valence-electron chi connectivity index (χ3n) is 11.1. The summed E-state index contributed by atoms with van der Waals surface area (Å²) < 4.78 is 44.8. The van der Waals surface area contributed by atoms with Gasteiger partial charge in [0.05, 0.1) is 30.1 Å². The lowest BCUT2D eigenvalue weighted by molar-refractivity contribution is -0.492. The topological polar surface area (TPSA) is 242 Å². The smallest absolute Gasteiger partial charge is 0.325 e. The average Bonchev–Trinajstić information content (AvgIpc) is 3.27. The summed E-state index contributed by atoms with van der Waals surface area (Å²) in [6, 6.07) is 0. The van der Waals surface area contributed by atoms with Crippen LogP contribution in [0.2, 0.25) is 0 Å². The van der Waals surface area contributed by atoms with Crippen molar-refractivity contribution in [1.29, 1.82) is 0 Å². The van der Waals surface area contributed by atoms with E-state index in [9.17, 15) is 29.1 Å². The van der Waals surface area contributed by atoms with Crippen LogP contribution in [0.25, 0.3) is 0 Å². The molecule has 2 unspecified atom stereocenters. The molecule has 0 spiro atoms. The first-order valence-corrected chi connectivity index (χ1v) is 16.6. The molecule has 0 aromatic heterocycles.